The van der Waals surface area contributed by atoms with Gasteiger partial charge in [-0.15, -0.1) is 0 Å². The molecule has 0 radical (unpaired) electrons. The molecule has 0 spiro atoms. The molecule has 2 rings (SSSR count). The Labute approximate surface area is 260 Å². The van der Waals surface area contributed by atoms with Gasteiger partial charge in [0.15, 0.2) is 0 Å². The average Bonchev–Trinajstić information content (AvgIpc) is 2.71. The van der Waals surface area contributed by atoms with Crippen molar-refractivity contribution in [2.24, 2.45) is 0 Å². The molecular weight excluding hydrogens is 568 g/mol. The monoisotopic (exact) mass is 591 g/mol. The summed E-state index contributed by atoms with van der Waals surface area (Å²) in [6.07, 6.45) is 2.19. The first-order valence-corrected chi connectivity index (χ1v) is 14.4. The van der Waals surface area contributed by atoms with Crippen LogP contribution in [0.5, 0.6) is 0 Å². The molecule has 0 aliphatic rings. The first-order chi connectivity index (χ1) is 16.0. The maximum Gasteiger partial charge on any atom is 1.00 e. The second-order valence-electron chi connectivity index (χ2n) is 7.43. The molecule has 0 saturated heterocycles. The number of carbonyl (C=O) groups is 1. The summed E-state index contributed by atoms with van der Waals surface area (Å²) < 4.78 is 96.9. The summed E-state index contributed by atoms with van der Waals surface area (Å²) in [6, 6.07) is 6.05. The maximum absolute atomic E-state index is 12.0. The van der Waals surface area contributed by atoms with E-state index in [1.54, 1.807) is 6.92 Å². The van der Waals surface area contributed by atoms with E-state index in [2.05, 4.69) is 15.4 Å². The van der Waals surface area contributed by atoms with Crippen LogP contribution in [-0.4, -0.2) is 52.2 Å². The number of anilines is 2. The summed E-state index contributed by atoms with van der Waals surface area (Å²) in [4.78, 5) is 10.2. The molecule has 0 saturated carbocycles. The van der Waals surface area contributed by atoms with Crippen LogP contribution in [0.2, 0.25) is 0 Å². The van der Waals surface area contributed by atoms with E-state index in [1.807, 2.05) is 0 Å². The van der Waals surface area contributed by atoms with Crippen LogP contribution in [0.3, 0.4) is 0 Å². The van der Waals surface area contributed by atoms with Gasteiger partial charge in [0, 0.05) is 17.9 Å². The number of rotatable bonds is 9. The summed E-state index contributed by atoms with van der Waals surface area (Å²) in [7, 11) is -13.9. The van der Waals surface area contributed by atoms with Crippen molar-refractivity contribution < 1.29 is 98.3 Å². The minimum Gasteiger partial charge on any atom is -0.744 e. The number of carbonyl (C=O) groups excluding carboxylic acids is 1. The average molecular weight is 592 g/mol. The molecule has 2 amide bonds. The summed E-state index contributed by atoms with van der Waals surface area (Å²) in [5.74, 6) is 0. The minimum atomic E-state index is -5.07. The number of sulfonamides is 1. The van der Waals surface area contributed by atoms with Gasteiger partial charge in [0.1, 0.15) is 20.2 Å². The molecule has 0 atom stereocenters. The first kappa shape index (κ1) is 36.0. The van der Waals surface area contributed by atoms with Crippen LogP contribution < -0.4 is 74.5 Å². The Morgan fingerprint density at radius 1 is 0.838 bits per heavy atom. The Kier molecular flexibility index (Phi) is 14.0. The van der Waals surface area contributed by atoms with E-state index in [0.29, 0.717) is 6.54 Å². The second kappa shape index (κ2) is 14.4. The quantitative estimate of drug-likeness (QED) is 0.147. The molecular formula is C20H23N3Na2O9S3. The Hall–Kier alpha value is -0.980. The van der Waals surface area contributed by atoms with Crippen molar-refractivity contribution in [1.82, 2.24) is 5.32 Å². The Bertz CT molecular complexity index is 1480. The largest absolute Gasteiger partial charge is 1.00 e. The number of amides is 2. The number of benzene rings is 2. The van der Waals surface area contributed by atoms with Gasteiger partial charge in [-0.25, -0.2) is 30.0 Å². The predicted molar refractivity (Wildman–Crippen MR) is 128 cm³/mol. The van der Waals surface area contributed by atoms with Crippen LogP contribution in [-0.2, 0) is 30.3 Å². The molecule has 17 heteroatoms. The fraction of sp³-hybridized carbons (Fsp3) is 0.250. The Balaban J connectivity index is 0.00000648. The van der Waals surface area contributed by atoms with Crippen LogP contribution in [0.1, 0.15) is 31.9 Å². The molecule has 12 nitrogen and oxygen atoms in total. The maximum atomic E-state index is 12.0. The summed E-state index contributed by atoms with van der Waals surface area (Å²) in [5, 5.41) is 3.97. The molecule has 0 aromatic heterocycles. The zero-order valence-corrected chi connectivity index (χ0v) is 27.3. The van der Waals surface area contributed by atoms with Crippen molar-refractivity contribution in [3.05, 3.63) is 47.5 Å². The molecule has 0 unspecified atom stereocenters. The zero-order valence-electron chi connectivity index (χ0n) is 20.8. The van der Waals surface area contributed by atoms with Crippen molar-refractivity contribution >= 4 is 59.8 Å². The molecule has 0 bridgehead atoms. The van der Waals surface area contributed by atoms with Crippen molar-refractivity contribution in [3.63, 3.8) is 0 Å². The summed E-state index contributed by atoms with van der Waals surface area (Å²) >= 11 is 0. The van der Waals surface area contributed by atoms with Crippen LogP contribution in [0, 0.1) is 0 Å². The van der Waals surface area contributed by atoms with Gasteiger partial charge < -0.3 is 19.7 Å². The minimum absolute atomic E-state index is 0. The number of hydrogen-bond acceptors (Lipinski definition) is 9. The van der Waals surface area contributed by atoms with Crippen molar-refractivity contribution in [3.8, 4) is 0 Å². The van der Waals surface area contributed by atoms with Crippen LogP contribution in [0.4, 0.5) is 16.2 Å². The van der Waals surface area contributed by atoms with Gasteiger partial charge in [0.05, 0.1) is 15.0 Å². The fourth-order valence-electron chi connectivity index (χ4n) is 2.72. The van der Waals surface area contributed by atoms with Gasteiger partial charge in [-0.2, -0.15) is 0 Å². The van der Waals surface area contributed by atoms with Crippen LogP contribution >= 0.6 is 0 Å². The van der Waals surface area contributed by atoms with Crippen molar-refractivity contribution in [2.75, 3.05) is 16.6 Å². The van der Waals surface area contributed by atoms with E-state index in [9.17, 15) is 39.2 Å². The third kappa shape index (κ3) is 10.6. The number of hydrogen-bond donors (Lipinski definition) is 3. The van der Waals surface area contributed by atoms with Gasteiger partial charge in [-0.05, 0) is 56.2 Å². The van der Waals surface area contributed by atoms with Gasteiger partial charge in [-0.1, -0.05) is 24.3 Å². The van der Waals surface area contributed by atoms with Crippen LogP contribution in [0.25, 0.3) is 12.2 Å². The third-order valence-electron chi connectivity index (χ3n) is 4.48. The van der Waals surface area contributed by atoms with Gasteiger partial charge >= 0.3 is 65.1 Å². The molecule has 0 heterocycles. The topological polar surface area (TPSA) is 202 Å². The standard InChI is InChI=1S/C20H25N3O9S3.2Na/c1-4-21-20(24)22-16-9-7-14(18(11-16)34(27,28)29)5-6-15-8-10-17(12-19(15)35(30,31)32)23-33(25,26)13(2)3;;/h5-13,23H,4H2,1-3H3,(H2,21,22,24)(H,27,28,29)(H,30,31,32);;/q;2*+1/p-2. The molecule has 192 valence electrons. The normalized spacial score (nSPS) is 11.9. The third-order valence-corrected chi connectivity index (χ3v) is 8.03. The van der Waals surface area contributed by atoms with Gasteiger partial charge in [0.2, 0.25) is 10.0 Å². The van der Waals surface area contributed by atoms with E-state index < -0.39 is 51.3 Å². The summed E-state index contributed by atoms with van der Waals surface area (Å²) in [5.41, 5.74) is -0.451. The predicted octanol–water partition coefficient (Wildman–Crippen LogP) is -4.04. The number of nitrogens with one attached hydrogen (secondary N) is 3. The van der Waals surface area contributed by atoms with Crippen molar-refractivity contribution in [2.45, 2.75) is 35.8 Å². The molecule has 3 N–H and O–H groups in total. The van der Waals surface area contributed by atoms with Gasteiger partial charge in [0.25, 0.3) is 0 Å². The van der Waals surface area contributed by atoms with Crippen molar-refractivity contribution in [1.29, 1.82) is 0 Å². The zero-order chi connectivity index (χ0) is 26.6. The molecule has 0 aliphatic carbocycles. The van der Waals surface area contributed by atoms with E-state index in [1.165, 1.54) is 32.0 Å². The molecule has 0 fully saturated rings. The van der Waals surface area contributed by atoms with Crippen LogP contribution in [0.15, 0.2) is 46.2 Å². The fourth-order valence-corrected chi connectivity index (χ4v) is 4.80. The van der Waals surface area contributed by atoms with E-state index >= 15 is 0 Å². The SMILES string of the molecule is CCNC(=O)Nc1ccc(C=Cc2ccc(NS(=O)(=O)C(C)C)cc2S(=O)(=O)[O-])c(S(=O)(=O)[O-])c1.[Na+].[Na+]. The van der Waals surface area contributed by atoms with E-state index in [0.717, 1.165) is 30.4 Å². The smallest absolute Gasteiger partial charge is 0.744 e. The first-order valence-electron chi connectivity index (χ1n) is 9.99. The van der Waals surface area contributed by atoms with E-state index in [-0.39, 0.29) is 81.6 Å². The summed E-state index contributed by atoms with van der Waals surface area (Å²) in [6.45, 7) is 4.79. The molecule has 2 aromatic carbocycles. The molecule has 37 heavy (non-hydrogen) atoms. The van der Waals surface area contributed by atoms with E-state index in [4.69, 9.17) is 0 Å². The molecule has 2 aromatic rings. The Morgan fingerprint density at radius 3 is 1.68 bits per heavy atom. The Morgan fingerprint density at radius 2 is 1.27 bits per heavy atom. The van der Waals surface area contributed by atoms with Gasteiger partial charge in [-0.3, -0.25) is 4.72 Å². The molecule has 0 aliphatic heterocycles. The second-order valence-corrected chi connectivity index (χ2v) is 12.4. The number of urea groups is 1.